The zero-order valence-corrected chi connectivity index (χ0v) is 15.8. The van der Waals surface area contributed by atoms with Crippen LogP contribution in [0.2, 0.25) is 5.02 Å². The van der Waals surface area contributed by atoms with Crippen molar-refractivity contribution >= 4 is 33.2 Å². The van der Waals surface area contributed by atoms with Crippen molar-refractivity contribution in [2.45, 2.75) is 17.9 Å². The Morgan fingerprint density at radius 1 is 1.23 bits per heavy atom. The van der Waals surface area contributed by atoms with Crippen LogP contribution in [0.1, 0.15) is 17.3 Å². The third kappa shape index (κ3) is 4.07. The van der Waals surface area contributed by atoms with Gasteiger partial charge < -0.3 is 10.1 Å². The van der Waals surface area contributed by atoms with Gasteiger partial charge in [-0.05, 0) is 49.4 Å². The molecule has 8 heteroatoms. The molecule has 2 aromatic rings. The standard InChI is InChI=1S/C18H19ClN2O4S/c1-13-12-25-10-9-21(13)26(23,24)17-7-5-14(6-8-17)18(22)20-16-4-2-3-15(19)11-16/h2-8,11,13H,9-10,12H2,1H3,(H,20,22). The number of morpholine rings is 1. The summed E-state index contributed by atoms with van der Waals surface area (Å²) in [5, 5.41) is 3.25. The second kappa shape index (κ2) is 7.75. The Hall–Kier alpha value is -1.93. The highest BCUT2D eigenvalue weighted by atomic mass is 35.5. The highest BCUT2D eigenvalue weighted by molar-refractivity contribution is 7.89. The average molecular weight is 395 g/mol. The monoisotopic (exact) mass is 394 g/mol. The van der Waals surface area contributed by atoms with Gasteiger partial charge in [-0.25, -0.2) is 8.42 Å². The number of nitrogens with one attached hydrogen (secondary N) is 1. The Kier molecular flexibility index (Phi) is 5.62. The first-order valence-electron chi connectivity index (χ1n) is 8.14. The van der Waals surface area contributed by atoms with Gasteiger partial charge in [0.25, 0.3) is 5.91 Å². The first-order chi connectivity index (χ1) is 12.4. The number of amides is 1. The zero-order chi connectivity index (χ0) is 18.7. The maximum Gasteiger partial charge on any atom is 0.255 e. The average Bonchev–Trinajstić information content (AvgIpc) is 2.62. The molecule has 1 fully saturated rings. The molecule has 1 atom stereocenters. The first kappa shape index (κ1) is 18.8. The van der Waals surface area contributed by atoms with Gasteiger partial charge in [0.1, 0.15) is 0 Å². The van der Waals surface area contributed by atoms with Gasteiger partial charge in [0.2, 0.25) is 10.0 Å². The number of rotatable bonds is 4. The Morgan fingerprint density at radius 3 is 2.62 bits per heavy atom. The molecular formula is C18H19ClN2O4S. The molecule has 0 spiro atoms. The topological polar surface area (TPSA) is 75.7 Å². The van der Waals surface area contributed by atoms with E-state index in [1.54, 1.807) is 24.3 Å². The van der Waals surface area contributed by atoms with Gasteiger partial charge in [0, 0.05) is 28.9 Å². The van der Waals surface area contributed by atoms with Crippen LogP contribution in [0.15, 0.2) is 53.4 Å². The van der Waals surface area contributed by atoms with Crippen LogP contribution in [0.5, 0.6) is 0 Å². The number of halogens is 1. The number of sulfonamides is 1. The lowest BCUT2D eigenvalue weighted by atomic mass is 10.2. The molecule has 0 radical (unpaired) electrons. The molecule has 6 nitrogen and oxygen atoms in total. The number of ether oxygens (including phenoxy) is 1. The van der Waals surface area contributed by atoms with Gasteiger partial charge in [-0.3, -0.25) is 4.79 Å². The summed E-state index contributed by atoms with van der Waals surface area (Å²) in [4.78, 5) is 12.5. The summed E-state index contributed by atoms with van der Waals surface area (Å²) in [7, 11) is -3.61. The molecule has 1 heterocycles. The molecule has 0 bridgehead atoms. The van der Waals surface area contributed by atoms with Crippen molar-refractivity contribution in [3.63, 3.8) is 0 Å². The predicted molar refractivity (Wildman–Crippen MR) is 100 cm³/mol. The minimum absolute atomic E-state index is 0.158. The van der Waals surface area contributed by atoms with Gasteiger partial charge >= 0.3 is 0 Å². The summed E-state index contributed by atoms with van der Waals surface area (Å²) in [6.45, 7) is 2.88. The summed E-state index contributed by atoms with van der Waals surface area (Å²) in [5.74, 6) is -0.337. The van der Waals surface area contributed by atoms with Crippen LogP contribution in [-0.4, -0.2) is 44.4 Å². The minimum Gasteiger partial charge on any atom is -0.378 e. The number of carbonyl (C=O) groups excluding carboxylic acids is 1. The van der Waals surface area contributed by atoms with Crippen molar-refractivity contribution in [2.24, 2.45) is 0 Å². The summed E-state index contributed by atoms with van der Waals surface area (Å²) in [5.41, 5.74) is 0.931. The van der Waals surface area contributed by atoms with Crippen molar-refractivity contribution in [3.05, 3.63) is 59.1 Å². The quantitative estimate of drug-likeness (QED) is 0.864. The van der Waals surface area contributed by atoms with Crippen LogP contribution < -0.4 is 5.32 Å². The molecule has 0 saturated carbocycles. The van der Waals surface area contributed by atoms with E-state index in [4.69, 9.17) is 16.3 Å². The lowest BCUT2D eigenvalue weighted by Gasteiger charge is -2.32. The van der Waals surface area contributed by atoms with E-state index in [0.717, 1.165) is 0 Å². The van der Waals surface area contributed by atoms with Crippen LogP contribution in [0.25, 0.3) is 0 Å². The molecule has 1 aliphatic rings. The molecule has 138 valence electrons. The van der Waals surface area contributed by atoms with Crippen molar-refractivity contribution in [1.29, 1.82) is 0 Å². The van der Waals surface area contributed by atoms with E-state index in [1.165, 1.54) is 28.6 Å². The fraction of sp³-hybridized carbons (Fsp3) is 0.278. The van der Waals surface area contributed by atoms with Gasteiger partial charge in [-0.2, -0.15) is 4.31 Å². The summed E-state index contributed by atoms with van der Waals surface area (Å²) in [6, 6.07) is 12.5. The van der Waals surface area contributed by atoms with E-state index in [9.17, 15) is 13.2 Å². The zero-order valence-electron chi connectivity index (χ0n) is 14.2. The minimum atomic E-state index is -3.61. The number of nitrogens with zero attached hydrogens (tertiary/aromatic N) is 1. The van der Waals surface area contributed by atoms with Crippen LogP contribution in [0.3, 0.4) is 0 Å². The molecule has 2 aromatic carbocycles. The lowest BCUT2D eigenvalue weighted by molar-refractivity contribution is 0.0393. The van der Waals surface area contributed by atoms with E-state index in [-0.39, 0.29) is 16.8 Å². The van der Waals surface area contributed by atoms with E-state index in [0.29, 0.717) is 36.0 Å². The molecule has 0 aliphatic carbocycles. The van der Waals surface area contributed by atoms with E-state index in [1.807, 2.05) is 6.92 Å². The highest BCUT2D eigenvalue weighted by Crippen LogP contribution is 2.21. The molecule has 0 aromatic heterocycles. The van der Waals surface area contributed by atoms with E-state index in [2.05, 4.69) is 5.32 Å². The number of carbonyl (C=O) groups is 1. The number of hydrogen-bond donors (Lipinski definition) is 1. The summed E-state index contributed by atoms with van der Waals surface area (Å²) in [6.07, 6.45) is 0. The third-order valence-electron chi connectivity index (χ3n) is 4.11. The maximum absolute atomic E-state index is 12.8. The van der Waals surface area contributed by atoms with Crippen LogP contribution >= 0.6 is 11.6 Å². The van der Waals surface area contributed by atoms with Crippen LogP contribution in [0.4, 0.5) is 5.69 Å². The third-order valence-corrected chi connectivity index (χ3v) is 6.38. The molecule has 1 amide bonds. The van der Waals surface area contributed by atoms with Crippen molar-refractivity contribution in [3.8, 4) is 0 Å². The lowest BCUT2D eigenvalue weighted by Crippen LogP contribution is -2.46. The second-order valence-corrected chi connectivity index (χ2v) is 8.36. The Morgan fingerprint density at radius 2 is 1.96 bits per heavy atom. The smallest absolute Gasteiger partial charge is 0.255 e. The molecule has 1 unspecified atom stereocenters. The Bertz CT molecular complexity index is 900. The summed E-state index contributed by atoms with van der Waals surface area (Å²) >= 11 is 5.90. The van der Waals surface area contributed by atoms with Crippen LogP contribution in [0, 0.1) is 0 Å². The fourth-order valence-electron chi connectivity index (χ4n) is 2.75. The van der Waals surface area contributed by atoms with Gasteiger partial charge in [0.15, 0.2) is 0 Å². The normalized spacial score (nSPS) is 18.5. The largest absolute Gasteiger partial charge is 0.378 e. The molecule has 1 N–H and O–H groups in total. The van der Waals surface area contributed by atoms with Gasteiger partial charge in [0.05, 0.1) is 18.1 Å². The molecule has 26 heavy (non-hydrogen) atoms. The van der Waals surface area contributed by atoms with E-state index >= 15 is 0 Å². The molecule has 1 saturated heterocycles. The second-order valence-electron chi connectivity index (χ2n) is 6.03. The Balaban J connectivity index is 1.76. The van der Waals surface area contributed by atoms with Crippen molar-refractivity contribution in [2.75, 3.05) is 25.1 Å². The molecular weight excluding hydrogens is 376 g/mol. The summed E-state index contributed by atoms with van der Waals surface area (Å²) < 4.78 is 32.2. The fourth-order valence-corrected chi connectivity index (χ4v) is 4.54. The highest BCUT2D eigenvalue weighted by Gasteiger charge is 2.31. The SMILES string of the molecule is CC1COCCN1S(=O)(=O)c1ccc(C(=O)Nc2cccc(Cl)c2)cc1. The van der Waals surface area contributed by atoms with Crippen molar-refractivity contribution in [1.82, 2.24) is 4.31 Å². The van der Waals surface area contributed by atoms with Gasteiger partial charge in [-0.1, -0.05) is 17.7 Å². The number of hydrogen-bond acceptors (Lipinski definition) is 4. The van der Waals surface area contributed by atoms with Gasteiger partial charge in [-0.15, -0.1) is 0 Å². The molecule has 1 aliphatic heterocycles. The van der Waals surface area contributed by atoms with Crippen LogP contribution in [-0.2, 0) is 14.8 Å². The van der Waals surface area contributed by atoms with Crippen molar-refractivity contribution < 1.29 is 17.9 Å². The van der Waals surface area contributed by atoms with E-state index < -0.39 is 10.0 Å². The first-order valence-corrected chi connectivity index (χ1v) is 9.96. The molecule has 3 rings (SSSR count). The Labute approximate surface area is 157 Å². The number of benzene rings is 2. The predicted octanol–water partition coefficient (Wildman–Crippen LogP) is 3.00. The maximum atomic E-state index is 12.8. The number of anilines is 1.